The molecule has 2 aliphatic carbocycles. The molecule has 3 aliphatic rings. The number of nitrogens with one attached hydrogen (secondary N) is 2. The predicted molar refractivity (Wildman–Crippen MR) is 287 cm³/mol. The first-order valence-electron chi connectivity index (χ1n) is 25.7. The van der Waals surface area contributed by atoms with Crippen molar-refractivity contribution in [3.63, 3.8) is 0 Å². The second-order valence-electron chi connectivity index (χ2n) is 21.9. The Labute approximate surface area is 490 Å². The molecule has 8 rings (SSSR count). The Balaban J connectivity index is 1.21. The average molecular weight is 1280 g/mol. The van der Waals surface area contributed by atoms with Crippen LogP contribution in [0.3, 0.4) is 0 Å². The summed E-state index contributed by atoms with van der Waals surface area (Å²) in [4.78, 5) is 63.4. The van der Waals surface area contributed by atoms with Crippen LogP contribution in [-0.2, 0) is 73.6 Å². The number of hydrogen-bond acceptors (Lipinski definition) is 12. The summed E-state index contributed by atoms with van der Waals surface area (Å²) in [6.45, 7) is 2.07. The molecule has 5 aromatic rings. The molecule has 1 saturated carbocycles. The number of benzene rings is 2. The number of carbonyl (C=O) groups excluding carboxylic acids is 3. The van der Waals surface area contributed by atoms with E-state index in [1.165, 1.54) is 35.8 Å². The highest BCUT2D eigenvalue weighted by Crippen LogP contribution is 2.68. The van der Waals surface area contributed by atoms with E-state index in [2.05, 4.69) is 37.3 Å². The third kappa shape index (κ3) is 14.5. The van der Waals surface area contributed by atoms with Gasteiger partial charge in [0.2, 0.25) is 11.9 Å². The summed E-state index contributed by atoms with van der Waals surface area (Å²) < 4.78 is 202. The lowest BCUT2D eigenvalue weighted by Crippen LogP contribution is -2.55. The van der Waals surface area contributed by atoms with E-state index in [0.29, 0.717) is 15.1 Å². The van der Waals surface area contributed by atoms with Crippen molar-refractivity contribution in [2.45, 2.75) is 108 Å². The fourth-order valence-corrected chi connectivity index (χ4v) is 10.8. The number of sulfone groups is 1. The number of guanidine groups is 1. The highest BCUT2D eigenvalue weighted by molar-refractivity contribution is 7.92. The lowest BCUT2D eigenvalue weighted by Gasteiger charge is -2.36. The van der Waals surface area contributed by atoms with Crippen LogP contribution in [0, 0.1) is 29.4 Å². The largest absolute Gasteiger partial charge is 0.465 e. The number of fused-ring (bicyclic) bond motifs is 4. The van der Waals surface area contributed by atoms with Crippen molar-refractivity contribution >= 4 is 73.6 Å². The molecule has 34 heteroatoms. The van der Waals surface area contributed by atoms with Crippen LogP contribution in [0.25, 0.3) is 22.0 Å². The Hall–Kier alpha value is -7.41. The van der Waals surface area contributed by atoms with Crippen LogP contribution in [0.15, 0.2) is 47.5 Å². The van der Waals surface area contributed by atoms with Gasteiger partial charge in [0, 0.05) is 66.5 Å². The molecule has 0 radical (unpaired) electrons. The topological polar surface area (TPSA) is 264 Å². The van der Waals surface area contributed by atoms with Gasteiger partial charge in [-0.05, 0) is 95.2 Å². The smallest absolute Gasteiger partial charge is 0.437 e. The van der Waals surface area contributed by atoms with Crippen LogP contribution in [0.1, 0.15) is 92.6 Å². The molecule has 2 fully saturated rings. The average Bonchev–Trinajstić information content (AvgIpc) is 1.53. The molecule has 0 spiro atoms. The summed E-state index contributed by atoms with van der Waals surface area (Å²) in [6, 6.07) is 4.97. The molecular formula is C52H52ClF10N11O10S2. The number of carbonyl (C=O) groups is 4. The van der Waals surface area contributed by atoms with Crippen LogP contribution in [0.2, 0.25) is 5.02 Å². The minimum atomic E-state index is -5.24. The zero-order valence-electron chi connectivity index (χ0n) is 46.0. The maximum atomic E-state index is 15.7. The van der Waals surface area contributed by atoms with Crippen molar-refractivity contribution in [3.8, 4) is 23.0 Å². The summed E-state index contributed by atoms with van der Waals surface area (Å²) in [6.07, 6.45) is -13.1. The van der Waals surface area contributed by atoms with Crippen molar-refractivity contribution in [2.75, 3.05) is 39.0 Å². The number of carboxylic acid groups (broad SMARTS) is 1. The number of piperazine rings is 1. The molecule has 4 amide bonds. The van der Waals surface area contributed by atoms with Gasteiger partial charge in [-0.15, -0.1) is 4.99 Å². The zero-order valence-corrected chi connectivity index (χ0v) is 48.4. The number of rotatable bonds is 14. The molecule has 464 valence electrons. The second kappa shape index (κ2) is 23.7. The lowest BCUT2D eigenvalue weighted by molar-refractivity contribution is -0.143. The van der Waals surface area contributed by atoms with Gasteiger partial charge in [0.25, 0.3) is 23.1 Å². The molecule has 2 aromatic carbocycles. The summed E-state index contributed by atoms with van der Waals surface area (Å²) in [5.41, 5.74) is -7.14. The van der Waals surface area contributed by atoms with Crippen LogP contribution in [0.5, 0.6) is 0 Å². The lowest BCUT2D eigenvalue weighted by atomic mass is 9.93. The normalized spacial score (nSPS) is 17.9. The monoisotopic (exact) mass is 1280 g/mol. The van der Waals surface area contributed by atoms with Gasteiger partial charge in [0.1, 0.15) is 46.5 Å². The van der Waals surface area contributed by atoms with Gasteiger partial charge in [0.15, 0.2) is 15.5 Å². The van der Waals surface area contributed by atoms with E-state index >= 15 is 8.78 Å². The maximum absolute atomic E-state index is 15.7. The zero-order chi connectivity index (χ0) is 63.6. The van der Waals surface area contributed by atoms with E-state index in [9.17, 15) is 76.6 Å². The van der Waals surface area contributed by atoms with Crippen LogP contribution < -0.4 is 10.6 Å². The summed E-state index contributed by atoms with van der Waals surface area (Å²) in [5.74, 6) is -6.56. The second-order valence-corrected chi connectivity index (χ2v) is 25.8. The quantitative estimate of drug-likeness (QED) is 0.0270. The predicted octanol–water partition coefficient (Wildman–Crippen LogP) is 7.93. The van der Waals surface area contributed by atoms with E-state index in [-0.39, 0.29) is 70.1 Å². The Morgan fingerprint density at radius 3 is 2.16 bits per heavy atom. The molecule has 3 aromatic heterocycles. The van der Waals surface area contributed by atoms with Crippen molar-refractivity contribution in [3.05, 3.63) is 98.7 Å². The first kappa shape index (κ1) is 64.6. The van der Waals surface area contributed by atoms with E-state index in [0.717, 1.165) is 30.5 Å². The third-order valence-electron chi connectivity index (χ3n) is 14.0. The fourth-order valence-electron chi connectivity index (χ4n) is 9.86. The van der Waals surface area contributed by atoms with Crippen molar-refractivity contribution < 1.29 is 90.1 Å². The third-order valence-corrected chi connectivity index (χ3v) is 17.0. The summed E-state index contributed by atoms with van der Waals surface area (Å²) in [5, 5.41) is 20.7. The van der Waals surface area contributed by atoms with Gasteiger partial charge in [-0.1, -0.05) is 23.6 Å². The molecule has 4 atom stereocenters. The van der Waals surface area contributed by atoms with Crippen molar-refractivity contribution in [2.24, 2.45) is 10.9 Å². The first-order chi connectivity index (χ1) is 39.7. The molecule has 1 saturated heterocycles. The van der Waals surface area contributed by atoms with Crippen LogP contribution in [-0.4, -0.2) is 146 Å². The molecule has 21 nitrogen and oxygen atoms in total. The molecule has 1 aliphatic heterocycles. The minimum absolute atomic E-state index is 0.0443. The molecule has 2 unspecified atom stereocenters. The standard InChI is InChI=1S/C52H52ClF10N11O10S2/c1-48(2,3)84-47(79)67-45(66-46(77)78)71-15-13-70(14-16-71)24-38(76)74(85(80)81)22-36-40-34(53)10-9-31(42(40)73(68-36)25-50(56,57)58)30-8-7-29(11-12-49(4,5)86(6,82)83)64-41(30)35(19-26-17-27(54)20-28(55)18-26)65-37(75)23-72-44-39(43(69-72)52(61,62)63)32-21-33(32)51(44,59)60/h7-10,17-18,20,32-33,35H,13-16,19,21-25H2,1-6H3,(H,65,75)(H,77,78)(H,80,81)(H,66,67,79)/t32-,33+,35?/m0/s1. The number of ether oxygens (including phenoxy) is 1. The Bertz CT molecular complexity index is 3770. The Morgan fingerprint density at radius 1 is 0.942 bits per heavy atom. The summed E-state index contributed by atoms with van der Waals surface area (Å²) >= 11 is 3.53. The highest BCUT2D eigenvalue weighted by Gasteiger charge is 2.68. The molecule has 0 bridgehead atoms. The van der Waals surface area contributed by atoms with E-state index in [1.54, 1.807) is 20.8 Å². The number of hydrogen-bond donors (Lipinski definition) is 4. The first-order valence-corrected chi connectivity index (χ1v) is 29.0. The van der Waals surface area contributed by atoms with Crippen molar-refractivity contribution in [1.29, 1.82) is 0 Å². The van der Waals surface area contributed by atoms with Gasteiger partial charge in [0.05, 0.1) is 41.1 Å². The molecule has 4 heterocycles. The number of aromatic nitrogens is 5. The minimum Gasteiger partial charge on any atom is -0.465 e. The summed E-state index contributed by atoms with van der Waals surface area (Å²) in [7, 11) is -3.93. The van der Waals surface area contributed by atoms with Gasteiger partial charge in [-0.3, -0.25) is 33.7 Å². The van der Waals surface area contributed by atoms with Gasteiger partial charge >= 0.3 is 24.5 Å². The maximum Gasteiger partial charge on any atom is 0.437 e. The van der Waals surface area contributed by atoms with Crippen molar-refractivity contribution in [1.82, 2.24) is 49.3 Å². The number of pyridine rings is 1. The number of halogens is 11. The number of aliphatic imine (C=N–C) groups is 1. The van der Waals surface area contributed by atoms with Gasteiger partial charge < -0.3 is 20.1 Å². The number of amides is 4. The van der Waals surface area contributed by atoms with E-state index in [4.69, 9.17) is 16.3 Å². The van der Waals surface area contributed by atoms with Crippen LogP contribution >= 0.6 is 11.6 Å². The van der Waals surface area contributed by atoms with Crippen LogP contribution in [0.4, 0.5) is 53.5 Å². The van der Waals surface area contributed by atoms with Gasteiger partial charge in [-0.2, -0.15) is 45.3 Å². The fraction of sp³-hybridized carbons (Fsp3) is 0.462. The van der Waals surface area contributed by atoms with E-state index < -0.39 is 176 Å². The highest BCUT2D eigenvalue weighted by atomic mass is 35.5. The number of alkyl halides is 8. The molecule has 86 heavy (non-hydrogen) atoms. The van der Waals surface area contributed by atoms with Gasteiger partial charge in [-0.25, -0.2) is 40.3 Å². The number of nitrogens with zero attached hydrogens (tertiary/aromatic N) is 9. The Kier molecular flexibility index (Phi) is 17.8. The van der Waals surface area contributed by atoms with E-state index in [1.807, 2.05) is 5.32 Å². The molecular weight excluding hydrogens is 1230 g/mol. The SMILES string of the molecule is CC(C)(C)OC(=O)N=C(NC(=O)O)N1CCN(CC(=O)N(Cc2nn(CC(F)(F)F)c3c(-c4ccc(C#CC(C)(C)S(C)(=O)=O)nc4C(Cc4cc(F)cc(F)c4)NC(=O)Cn4nc(C(F)(F)F)c5c4C(F)(F)[C@@H]4C[C@H]54)ccc(Cl)c23)S(=O)O)CC1. The Morgan fingerprint density at radius 2 is 1.58 bits per heavy atom. The molecule has 4 N–H and O–H groups in total.